The van der Waals surface area contributed by atoms with Gasteiger partial charge in [0.15, 0.2) is 5.75 Å². The SMILES string of the molecule is O=C1C(c2c(O)c3ccccc3n2C(=O)c2ccccn2)=Nc2ccccc21. The predicted molar refractivity (Wildman–Crippen MR) is 105 cm³/mol. The number of carbonyl (C=O) groups is 2. The van der Waals surface area contributed by atoms with Crippen LogP contribution in [0.2, 0.25) is 0 Å². The van der Waals surface area contributed by atoms with Gasteiger partial charge in [-0.15, -0.1) is 0 Å². The number of aromatic nitrogens is 2. The standard InChI is InChI=1S/C22H13N3O3/c26-20-13-7-1-3-9-15(13)24-18(20)19-21(27)14-8-2-4-11-17(14)25(19)22(28)16-10-5-6-12-23-16/h1-12,27H. The van der Waals surface area contributed by atoms with Crippen molar-refractivity contribution in [1.29, 1.82) is 0 Å². The van der Waals surface area contributed by atoms with Gasteiger partial charge < -0.3 is 5.11 Å². The summed E-state index contributed by atoms with van der Waals surface area (Å²) in [6.07, 6.45) is 1.52. The summed E-state index contributed by atoms with van der Waals surface area (Å²) in [5, 5.41) is 11.4. The summed E-state index contributed by atoms with van der Waals surface area (Å²) < 4.78 is 1.32. The monoisotopic (exact) mass is 367 g/mol. The number of rotatable bonds is 2. The number of carbonyl (C=O) groups excluding carboxylic acids is 2. The molecule has 3 heterocycles. The molecule has 134 valence electrons. The van der Waals surface area contributed by atoms with Crippen LogP contribution in [0.25, 0.3) is 10.9 Å². The van der Waals surface area contributed by atoms with E-state index in [0.29, 0.717) is 22.2 Å². The summed E-state index contributed by atoms with van der Waals surface area (Å²) >= 11 is 0. The highest BCUT2D eigenvalue weighted by Gasteiger charge is 2.33. The maximum Gasteiger partial charge on any atom is 0.281 e. The first kappa shape index (κ1) is 16.1. The fourth-order valence-electron chi connectivity index (χ4n) is 3.48. The van der Waals surface area contributed by atoms with E-state index in [1.807, 2.05) is 0 Å². The van der Waals surface area contributed by atoms with Gasteiger partial charge in [-0.2, -0.15) is 0 Å². The zero-order valence-corrected chi connectivity index (χ0v) is 14.5. The van der Waals surface area contributed by atoms with Gasteiger partial charge in [0.25, 0.3) is 5.91 Å². The van der Waals surface area contributed by atoms with Crippen molar-refractivity contribution in [3.8, 4) is 5.75 Å². The van der Waals surface area contributed by atoms with Crippen molar-refractivity contribution >= 4 is 34.0 Å². The van der Waals surface area contributed by atoms with E-state index < -0.39 is 5.91 Å². The van der Waals surface area contributed by atoms with Crippen LogP contribution in [0, 0.1) is 0 Å². The molecule has 4 aromatic rings. The van der Waals surface area contributed by atoms with Crippen molar-refractivity contribution in [1.82, 2.24) is 9.55 Å². The van der Waals surface area contributed by atoms with Gasteiger partial charge in [-0.25, -0.2) is 4.99 Å². The second kappa shape index (κ2) is 5.99. The van der Waals surface area contributed by atoms with Crippen molar-refractivity contribution in [3.63, 3.8) is 0 Å². The van der Waals surface area contributed by atoms with Gasteiger partial charge in [0.2, 0.25) is 5.78 Å². The molecule has 0 radical (unpaired) electrons. The van der Waals surface area contributed by atoms with Crippen LogP contribution in [0.4, 0.5) is 5.69 Å². The molecule has 1 aliphatic heterocycles. The van der Waals surface area contributed by atoms with Crippen molar-refractivity contribution in [3.05, 3.63) is 89.9 Å². The second-order valence-electron chi connectivity index (χ2n) is 6.38. The molecular weight excluding hydrogens is 354 g/mol. The summed E-state index contributed by atoms with van der Waals surface area (Å²) in [5.41, 5.74) is 1.77. The van der Waals surface area contributed by atoms with E-state index in [9.17, 15) is 14.7 Å². The molecule has 0 spiro atoms. The Hall–Kier alpha value is -4.06. The molecule has 1 aliphatic rings. The Bertz CT molecular complexity index is 1300. The number of fused-ring (bicyclic) bond motifs is 2. The third kappa shape index (κ3) is 2.21. The molecular formula is C22H13N3O3. The third-order valence-electron chi connectivity index (χ3n) is 4.76. The average molecular weight is 367 g/mol. The minimum Gasteiger partial charge on any atom is -0.505 e. The van der Waals surface area contributed by atoms with Crippen LogP contribution in [0.1, 0.15) is 26.5 Å². The first-order valence-electron chi connectivity index (χ1n) is 8.68. The lowest BCUT2D eigenvalue weighted by Crippen LogP contribution is -2.22. The summed E-state index contributed by atoms with van der Waals surface area (Å²) in [4.78, 5) is 34.7. The molecule has 0 atom stereocenters. The van der Waals surface area contributed by atoms with Crippen molar-refractivity contribution in [2.45, 2.75) is 0 Å². The van der Waals surface area contributed by atoms with Crippen LogP contribution in [0.15, 0.2) is 77.9 Å². The second-order valence-corrected chi connectivity index (χ2v) is 6.38. The summed E-state index contributed by atoms with van der Waals surface area (Å²) in [6.45, 7) is 0. The fourth-order valence-corrected chi connectivity index (χ4v) is 3.48. The van der Waals surface area contributed by atoms with Crippen LogP contribution >= 0.6 is 0 Å². The third-order valence-corrected chi connectivity index (χ3v) is 4.76. The molecule has 0 saturated heterocycles. The average Bonchev–Trinajstić information content (AvgIpc) is 3.23. The maximum absolute atomic E-state index is 13.3. The van der Waals surface area contributed by atoms with Gasteiger partial charge in [-0.3, -0.25) is 19.1 Å². The molecule has 0 bridgehead atoms. The number of ketones is 1. The zero-order chi connectivity index (χ0) is 19.3. The van der Waals surface area contributed by atoms with E-state index in [1.165, 1.54) is 10.8 Å². The van der Waals surface area contributed by atoms with Crippen LogP contribution in [-0.2, 0) is 0 Å². The number of aromatic hydroxyl groups is 1. The molecule has 1 N–H and O–H groups in total. The molecule has 6 nitrogen and oxygen atoms in total. The first-order valence-corrected chi connectivity index (χ1v) is 8.68. The highest BCUT2D eigenvalue weighted by molar-refractivity contribution is 6.55. The normalized spacial score (nSPS) is 12.9. The van der Waals surface area contributed by atoms with E-state index in [-0.39, 0.29) is 28.6 Å². The first-order chi connectivity index (χ1) is 13.7. The Morgan fingerprint density at radius 3 is 2.46 bits per heavy atom. The van der Waals surface area contributed by atoms with Gasteiger partial charge in [0, 0.05) is 17.1 Å². The molecule has 6 heteroatoms. The van der Waals surface area contributed by atoms with Crippen LogP contribution in [0.3, 0.4) is 0 Å². The Labute approximate surface area is 159 Å². The number of hydrogen-bond donors (Lipinski definition) is 1. The molecule has 2 aromatic carbocycles. The zero-order valence-electron chi connectivity index (χ0n) is 14.5. The van der Waals surface area contributed by atoms with Gasteiger partial charge in [0.05, 0.1) is 11.2 Å². The predicted octanol–water partition coefficient (Wildman–Crippen LogP) is 3.75. The molecule has 0 saturated carbocycles. The van der Waals surface area contributed by atoms with Crippen LogP contribution in [0.5, 0.6) is 5.75 Å². The molecule has 0 fully saturated rings. The van der Waals surface area contributed by atoms with E-state index in [4.69, 9.17) is 0 Å². The van der Waals surface area contributed by atoms with Crippen molar-refractivity contribution in [2.75, 3.05) is 0 Å². The summed E-state index contributed by atoms with van der Waals surface area (Å²) in [6, 6.07) is 18.9. The Kier molecular flexibility index (Phi) is 3.45. The lowest BCUT2D eigenvalue weighted by atomic mass is 10.1. The highest BCUT2D eigenvalue weighted by Crippen LogP contribution is 2.37. The summed E-state index contributed by atoms with van der Waals surface area (Å²) in [7, 11) is 0. The highest BCUT2D eigenvalue weighted by atomic mass is 16.3. The number of benzene rings is 2. The van der Waals surface area contributed by atoms with Crippen LogP contribution in [-0.4, -0.2) is 32.1 Å². The molecule has 5 rings (SSSR count). The largest absolute Gasteiger partial charge is 0.505 e. The fraction of sp³-hybridized carbons (Fsp3) is 0. The lowest BCUT2D eigenvalue weighted by Gasteiger charge is -2.08. The van der Waals surface area contributed by atoms with E-state index in [2.05, 4.69) is 9.98 Å². The van der Waals surface area contributed by atoms with Crippen molar-refractivity contribution in [2.24, 2.45) is 4.99 Å². The lowest BCUT2D eigenvalue weighted by molar-refractivity contribution is 0.0959. The van der Waals surface area contributed by atoms with Gasteiger partial charge in [-0.05, 0) is 36.4 Å². The number of nitrogens with zero attached hydrogens (tertiary/aromatic N) is 3. The number of Topliss-reactive ketones (excluding diaryl/α,β-unsaturated/α-hetero) is 1. The summed E-state index contributed by atoms with van der Waals surface area (Å²) in [5.74, 6) is -0.929. The Balaban J connectivity index is 1.80. The number of pyridine rings is 1. The molecule has 0 amide bonds. The Morgan fingerprint density at radius 2 is 1.68 bits per heavy atom. The van der Waals surface area contributed by atoms with Gasteiger partial charge in [0.1, 0.15) is 17.1 Å². The molecule has 0 aliphatic carbocycles. The quantitative estimate of drug-likeness (QED) is 0.585. The number of hydrogen-bond acceptors (Lipinski definition) is 5. The number of para-hydroxylation sites is 2. The topological polar surface area (TPSA) is 84.5 Å². The smallest absolute Gasteiger partial charge is 0.281 e. The minimum atomic E-state index is -0.446. The van der Waals surface area contributed by atoms with E-state index in [1.54, 1.807) is 66.7 Å². The van der Waals surface area contributed by atoms with Crippen LogP contribution < -0.4 is 0 Å². The van der Waals surface area contributed by atoms with E-state index in [0.717, 1.165) is 0 Å². The van der Waals surface area contributed by atoms with E-state index >= 15 is 0 Å². The van der Waals surface area contributed by atoms with Crippen molar-refractivity contribution < 1.29 is 14.7 Å². The molecule has 0 unspecified atom stereocenters. The molecule has 2 aromatic heterocycles. The Morgan fingerprint density at radius 1 is 0.929 bits per heavy atom. The maximum atomic E-state index is 13.3. The minimum absolute atomic E-state index is 0.0409. The van der Waals surface area contributed by atoms with Gasteiger partial charge >= 0.3 is 0 Å². The molecule has 28 heavy (non-hydrogen) atoms. The van der Waals surface area contributed by atoms with Gasteiger partial charge in [-0.1, -0.05) is 30.3 Å². The number of aliphatic imine (C=N–C) groups is 1.